The summed E-state index contributed by atoms with van der Waals surface area (Å²) in [5.41, 5.74) is 0.958. The zero-order chi connectivity index (χ0) is 11.7. The molecule has 2 aliphatic rings. The summed E-state index contributed by atoms with van der Waals surface area (Å²) in [6, 6.07) is 5.38. The maximum Gasteiger partial charge on any atom is 0.189 e. The quantitative estimate of drug-likeness (QED) is 0.713. The Morgan fingerprint density at radius 3 is 3.12 bits per heavy atom. The van der Waals surface area contributed by atoms with E-state index >= 15 is 0 Å². The van der Waals surface area contributed by atoms with Gasteiger partial charge >= 0.3 is 0 Å². The van der Waals surface area contributed by atoms with Crippen LogP contribution < -0.4 is 10.4 Å². The van der Waals surface area contributed by atoms with Crippen molar-refractivity contribution in [1.82, 2.24) is 0 Å². The predicted molar refractivity (Wildman–Crippen MR) is 64.3 cm³/mol. The molecule has 0 saturated carbocycles. The number of phenols is 1. The second-order valence-electron chi connectivity index (χ2n) is 3.93. The lowest BCUT2D eigenvalue weighted by atomic mass is 10.00. The zero-order valence-corrected chi connectivity index (χ0v) is 9.17. The topological polar surface area (TPSA) is 38.7 Å². The van der Waals surface area contributed by atoms with Crippen molar-refractivity contribution < 1.29 is 14.6 Å². The number of fused-ring (bicyclic) bond motifs is 2. The normalized spacial score (nSPS) is 21.6. The number of hydrogen-bond acceptors (Lipinski definition) is 3. The molecule has 17 heavy (non-hydrogen) atoms. The van der Waals surface area contributed by atoms with Gasteiger partial charge in [0.1, 0.15) is 11.9 Å². The van der Waals surface area contributed by atoms with Gasteiger partial charge in [0, 0.05) is 10.4 Å². The smallest absolute Gasteiger partial charge is 0.189 e. The molecule has 0 radical (unpaired) electrons. The summed E-state index contributed by atoms with van der Waals surface area (Å²) in [5, 5.41) is 11.6. The van der Waals surface area contributed by atoms with E-state index in [1.54, 1.807) is 18.4 Å². The highest BCUT2D eigenvalue weighted by Crippen LogP contribution is 2.17. The molecule has 3 rings (SSSR count). The highest BCUT2D eigenvalue weighted by Gasteiger charge is 2.16. The lowest BCUT2D eigenvalue weighted by Crippen LogP contribution is -2.33. The second kappa shape index (κ2) is 4.11. The summed E-state index contributed by atoms with van der Waals surface area (Å²) in [7, 11) is 0. The van der Waals surface area contributed by atoms with Crippen LogP contribution >= 0.6 is 0 Å². The largest absolute Gasteiger partial charge is 0.507 e. The molecule has 1 aliphatic carbocycles. The van der Waals surface area contributed by atoms with Crippen molar-refractivity contribution in [3.63, 3.8) is 0 Å². The number of phenolic OH excluding ortho intramolecular Hbond substituents is 1. The molecule has 1 heterocycles. The molecular weight excluding hydrogens is 216 g/mol. The van der Waals surface area contributed by atoms with Crippen LogP contribution in [0.15, 0.2) is 42.5 Å². The van der Waals surface area contributed by atoms with Crippen molar-refractivity contribution in [2.24, 2.45) is 0 Å². The molecule has 0 amide bonds. The third kappa shape index (κ3) is 1.74. The van der Waals surface area contributed by atoms with Crippen molar-refractivity contribution >= 4 is 11.8 Å². The first kappa shape index (κ1) is 10.2. The SMILES string of the molecule is Oc1cccc2c1=C1C=CC=CC1OCOC=2. The molecule has 0 aromatic heterocycles. The average Bonchev–Trinajstić information content (AvgIpc) is 2.32. The second-order valence-corrected chi connectivity index (χ2v) is 3.93. The Labute approximate surface area is 98.6 Å². The van der Waals surface area contributed by atoms with Gasteiger partial charge in [-0.15, -0.1) is 0 Å². The van der Waals surface area contributed by atoms with Gasteiger partial charge in [-0.1, -0.05) is 36.4 Å². The minimum atomic E-state index is -0.166. The van der Waals surface area contributed by atoms with Gasteiger partial charge in [0.2, 0.25) is 0 Å². The van der Waals surface area contributed by atoms with Crippen LogP contribution in [0.5, 0.6) is 5.75 Å². The Kier molecular flexibility index (Phi) is 2.46. The summed E-state index contributed by atoms with van der Waals surface area (Å²) < 4.78 is 10.8. The van der Waals surface area contributed by atoms with Gasteiger partial charge < -0.3 is 14.6 Å². The minimum absolute atomic E-state index is 0.166. The highest BCUT2D eigenvalue weighted by molar-refractivity contribution is 5.67. The van der Waals surface area contributed by atoms with Crippen LogP contribution in [0.3, 0.4) is 0 Å². The average molecular weight is 228 g/mol. The zero-order valence-electron chi connectivity index (χ0n) is 9.17. The first-order valence-corrected chi connectivity index (χ1v) is 5.47. The molecule has 1 atom stereocenters. The maximum absolute atomic E-state index is 10.0. The van der Waals surface area contributed by atoms with Crippen LogP contribution in [0.4, 0.5) is 0 Å². The van der Waals surface area contributed by atoms with Gasteiger partial charge in [0.25, 0.3) is 0 Å². The van der Waals surface area contributed by atoms with Gasteiger partial charge in [0.15, 0.2) is 6.79 Å². The molecule has 86 valence electrons. The van der Waals surface area contributed by atoms with E-state index in [4.69, 9.17) is 9.47 Å². The molecule has 3 nitrogen and oxygen atoms in total. The molecule has 1 aromatic rings. The van der Waals surface area contributed by atoms with Crippen molar-refractivity contribution in [3.05, 3.63) is 52.9 Å². The van der Waals surface area contributed by atoms with Crippen LogP contribution in [-0.4, -0.2) is 18.0 Å². The lowest BCUT2D eigenvalue weighted by Gasteiger charge is -2.19. The number of ether oxygens (including phenoxy) is 2. The number of hydrogen-bond donors (Lipinski definition) is 1. The molecule has 0 saturated heterocycles. The van der Waals surface area contributed by atoms with Crippen LogP contribution in [0.25, 0.3) is 11.8 Å². The Morgan fingerprint density at radius 2 is 2.18 bits per heavy atom. The molecule has 0 bridgehead atoms. The third-order valence-corrected chi connectivity index (χ3v) is 2.87. The van der Waals surface area contributed by atoms with Crippen LogP contribution in [0.1, 0.15) is 0 Å². The lowest BCUT2D eigenvalue weighted by molar-refractivity contribution is -0.00673. The summed E-state index contributed by atoms with van der Waals surface area (Å²) >= 11 is 0. The van der Waals surface area contributed by atoms with E-state index in [0.717, 1.165) is 16.0 Å². The molecule has 1 aromatic carbocycles. The van der Waals surface area contributed by atoms with Crippen molar-refractivity contribution in [3.8, 4) is 5.75 Å². The van der Waals surface area contributed by atoms with Crippen LogP contribution in [0.2, 0.25) is 0 Å². The first-order chi connectivity index (χ1) is 8.36. The van der Waals surface area contributed by atoms with E-state index in [0.29, 0.717) is 0 Å². The fourth-order valence-corrected chi connectivity index (χ4v) is 2.10. The van der Waals surface area contributed by atoms with E-state index in [2.05, 4.69) is 0 Å². The number of allylic oxidation sites excluding steroid dienone is 2. The molecule has 0 spiro atoms. The number of aromatic hydroxyl groups is 1. The molecule has 0 fully saturated rings. The Morgan fingerprint density at radius 1 is 1.24 bits per heavy atom. The van der Waals surface area contributed by atoms with Crippen molar-refractivity contribution in [1.29, 1.82) is 0 Å². The van der Waals surface area contributed by atoms with Crippen molar-refractivity contribution in [2.75, 3.05) is 6.79 Å². The van der Waals surface area contributed by atoms with Gasteiger partial charge in [-0.05, 0) is 11.6 Å². The van der Waals surface area contributed by atoms with Crippen LogP contribution in [-0.2, 0) is 9.47 Å². The Bertz CT molecular complexity index is 611. The highest BCUT2D eigenvalue weighted by atomic mass is 16.7. The van der Waals surface area contributed by atoms with E-state index in [-0.39, 0.29) is 18.6 Å². The standard InChI is InChI=1S/C14H12O3/c15-12-6-3-4-10-8-16-9-17-13-7-2-1-5-11(13)14(10)12/h1-8,13,15H,9H2. The van der Waals surface area contributed by atoms with E-state index in [1.165, 1.54) is 0 Å². The summed E-state index contributed by atoms with van der Waals surface area (Å²) in [6.07, 6.45) is 9.22. The Hall–Kier alpha value is -2.00. The summed E-state index contributed by atoms with van der Waals surface area (Å²) in [6.45, 7) is 0.210. The molecule has 3 heteroatoms. The van der Waals surface area contributed by atoms with Gasteiger partial charge in [-0.25, -0.2) is 0 Å². The fraction of sp³-hybridized carbons (Fsp3) is 0.143. The molecule has 1 aliphatic heterocycles. The van der Waals surface area contributed by atoms with E-state index < -0.39 is 0 Å². The van der Waals surface area contributed by atoms with Gasteiger partial charge in [-0.3, -0.25) is 0 Å². The molecular formula is C14H12O3. The number of rotatable bonds is 0. The third-order valence-electron chi connectivity index (χ3n) is 2.87. The van der Waals surface area contributed by atoms with Gasteiger partial charge in [0.05, 0.1) is 6.26 Å². The number of benzene rings is 1. The van der Waals surface area contributed by atoms with Crippen LogP contribution in [0, 0.1) is 0 Å². The monoisotopic (exact) mass is 228 g/mol. The van der Waals surface area contributed by atoms with E-state index in [9.17, 15) is 5.11 Å². The predicted octanol–water partition coefficient (Wildman–Crippen LogP) is 0.780. The summed E-state index contributed by atoms with van der Waals surface area (Å²) in [4.78, 5) is 0. The first-order valence-electron chi connectivity index (χ1n) is 5.47. The Balaban J connectivity index is 2.41. The van der Waals surface area contributed by atoms with Gasteiger partial charge in [-0.2, -0.15) is 0 Å². The molecule has 1 unspecified atom stereocenters. The summed E-state index contributed by atoms with van der Waals surface area (Å²) in [5.74, 6) is 0.243. The van der Waals surface area contributed by atoms with E-state index in [1.807, 2.05) is 30.4 Å². The minimum Gasteiger partial charge on any atom is -0.507 e. The fourth-order valence-electron chi connectivity index (χ4n) is 2.10. The van der Waals surface area contributed by atoms with Crippen molar-refractivity contribution in [2.45, 2.75) is 6.10 Å². The maximum atomic E-state index is 10.0. The molecule has 1 N–H and O–H groups in total.